The van der Waals surface area contributed by atoms with Gasteiger partial charge in [-0.2, -0.15) is 16.8 Å². The summed E-state index contributed by atoms with van der Waals surface area (Å²) in [6, 6.07) is 12.8. The Bertz CT molecular complexity index is 1140. The molecule has 0 heterocycles. The van der Waals surface area contributed by atoms with E-state index in [4.69, 9.17) is 52.5 Å². The summed E-state index contributed by atoms with van der Waals surface area (Å²) in [5.41, 5.74) is 1.92. The van der Waals surface area contributed by atoms with Crippen molar-refractivity contribution in [1.29, 1.82) is 0 Å². The highest BCUT2D eigenvalue weighted by molar-refractivity contribution is 7.87. The first-order valence-electron chi connectivity index (χ1n) is 17.5. The summed E-state index contributed by atoms with van der Waals surface area (Å²) in [4.78, 5) is 0.212. The van der Waals surface area contributed by atoms with E-state index in [0.717, 1.165) is 24.2 Å². The van der Waals surface area contributed by atoms with Gasteiger partial charge in [0.1, 0.15) is 6.79 Å². The van der Waals surface area contributed by atoms with E-state index >= 15 is 0 Å². The first kappa shape index (κ1) is 58.9. The van der Waals surface area contributed by atoms with Gasteiger partial charge >= 0.3 is 0 Å². The predicted octanol–water partition coefficient (Wildman–Crippen LogP) is 4.08. The van der Waals surface area contributed by atoms with Gasteiger partial charge in [-0.3, -0.25) is 8.37 Å². The molecule has 0 amide bonds. The molecule has 4 N–H and O–H groups in total. The van der Waals surface area contributed by atoms with Crippen molar-refractivity contribution in [2.24, 2.45) is 0 Å². The first-order valence-corrected chi connectivity index (χ1v) is 21.1. The van der Waals surface area contributed by atoms with Crippen molar-refractivity contribution in [2.75, 3.05) is 106 Å². The molecule has 0 unspecified atom stereocenters. The molecule has 0 atom stereocenters. The Kier molecular flexibility index (Phi) is 47.9. The van der Waals surface area contributed by atoms with Crippen LogP contribution in [0.15, 0.2) is 58.3 Å². The van der Waals surface area contributed by atoms with Crippen LogP contribution in [0.25, 0.3) is 0 Å². The van der Waals surface area contributed by atoms with Crippen molar-refractivity contribution in [3.8, 4) is 0 Å². The Morgan fingerprint density at radius 2 is 0.722 bits per heavy atom. The van der Waals surface area contributed by atoms with Gasteiger partial charge in [-0.15, -0.1) is 11.6 Å². The van der Waals surface area contributed by atoms with Crippen LogP contribution >= 0.6 is 11.6 Å². The summed E-state index contributed by atoms with van der Waals surface area (Å²) in [5, 5.41) is 30.1. The van der Waals surface area contributed by atoms with Crippen molar-refractivity contribution in [3.63, 3.8) is 0 Å². The van der Waals surface area contributed by atoms with Gasteiger partial charge in [-0.1, -0.05) is 62.6 Å². The minimum Gasteiger partial charge on any atom is -0.397 e. The maximum Gasteiger partial charge on any atom is 0.297 e. The normalized spacial score (nSPS) is 10.4. The van der Waals surface area contributed by atoms with Crippen LogP contribution in [0.3, 0.4) is 0 Å². The number of halogens is 1. The van der Waals surface area contributed by atoms with E-state index in [1.54, 1.807) is 31.2 Å². The Labute approximate surface area is 329 Å². The quantitative estimate of drug-likeness (QED) is 0.0537. The number of alkyl halides is 1. The van der Waals surface area contributed by atoms with Crippen LogP contribution in [0.5, 0.6) is 0 Å². The van der Waals surface area contributed by atoms with E-state index in [0.29, 0.717) is 33.0 Å². The summed E-state index contributed by atoms with van der Waals surface area (Å²) in [7, 11) is -7.58. The summed E-state index contributed by atoms with van der Waals surface area (Å²) in [5.74, 6) is 0. The van der Waals surface area contributed by atoms with E-state index < -0.39 is 27.0 Å². The van der Waals surface area contributed by atoms with Crippen LogP contribution < -0.4 is 0 Å². The fraction of sp³-hybridized carbons (Fsp3) is 0.667. The molecule has 0 spiro atoms. The lowest BCUT2D eigenvalue weighted by Gasteiger charge is -2.08. The van der Waals surface area contributed by atoms with Crippen LogP contribution in [-0.4, -0.2) is 143 Å². The summed E-state index contributed by atoms with van der Waals surface area (Å²) in [6.45, 7) is 14.9. The van der Waals surface area contributed by atoms with E-state index in [1.807, 2.05) is 13.8 Å². The third-order valence-electron chi connectivity index (χ3n) is 5.25. The number of benzene rings is 2. The Hall–Kier alpha value is -1.81. The second-order valence-corrected chi connectivity index (χ2v) is 13.4. The van der Waals surface area contributed by atoms with E-state index in [2.05, 4.69) is 32.4 Å². The molecule has 0 aliphatic carbocycles. The molecule has 0 bridgehead atoms. The van der Waals surface area contributed by atoms with Gasteiger partial charge in [0.2, 0.25) is 0 Å². The molecule has 2 rings (SSSR count). The molecule has 0 fully saturated rings. The number of aryl methyl sites for hydroxylation is 2. The highest BCUT2D eigenvalue weighted by Crippen LogP contribution is 2.14. The summed E-state index contributed by atoms with van der Waals surface area (Å²) < 4.78 is 83.8. The smallest absolute Gasteiger partial charge is 0.297 e. The van der Waals surface area contributed by atoms with Gasteiger partial charge in [0.05, 0.1) is 89.1 Å². The number of hydrogen-bond donors (Lipinski definition) is 4. The molecule has 0 aliphatic rings. The Balaban J connectivity index is -0.000000490. The zero-order valence-electron chi connectivity index (χ0n) is 33.1. The van der Waals surface area contributed by atoms with Crippen molar-refractivity contribution in [1.82, 2.24) is 0 Å². The lowest BCUT2D eigenvalue weighted by molar-refractivity contribution is 0.00558. The lowest BCUT2D eigenvalue weighted by atomic mass is 10.2. The third kappa shape index (κ3) is 39.9. The number of rotatable bonds is 23. The highest BCUT2D eigenvalue weighted by Gasteiger charge is 2.15. The highest BCUT2D eigenvalue weighted by atomic mass is 35.5. The number of ether oxygens (including phenoxy) is 5. The summed E-state index contributed by atoms with van der Waals surface area (Å²) in [6.07, 6.45) is 3.76. The Morgan fingerprint density at radius 1 is 0.481 bits per heavy atom. The number of hydrogen-bond acceptors (Lipinski definition) is 15. The second-order valence-electron chi connectivity index (χ2n) is 10.1. The van der Waals surface area contributed by atoms with Crippen LogP contribution in [0.1, 0.15) is 51.7 Å². The maximum atomic E-state index is 12.0. The zero-order valence-corrected chi connectivity index (χ0v) is 35.5. The minimum atomic E-state index is -3.79. The average molecular weight is 840 g/mol. The molecule has 0 saturated carbocycles. The molecule has 54 heavy (non-hydrogen) atoms. The van der Waals surface area contributed by atoms with Crippen molar-refractivity contribution < 1.29 is 69.3 Å². The fourth-order valence-electron chi connectivity index (χ4n) is 3.02. The molecular formula is C36H67ClO15S2. The molecule has 18 heteroatoms. The second kappa shape index (κ2) is 43.9. The van der Waals surface area contributed by atoms with Crippen molar-refractivity contribution >= 4 is 31.8 Å². The van der Waals surface area contributed by atoms with Gasteiger partial charge in [0, 0.05) is 19.6 Å². The topological polar surface area (TPSA) is 214 Å². The number of aliphatic hydroxyl groups is 4. The molecule has 0 radical (unpaired) electrons. The third-order valence-corrected chi connectivity index (χ3v) is 7.90. The number of aliphatic hydroxyl groups excluding tert-OH is 3. The van der Waals surface area contributed by atoms with Gasteiger partial charge in [-0.05, 0) is 51.5 Å². The average Bonchev–Trinajstić information content (AvgIpc) is 3.14. The minimum absolute atomic E-state index is 0.0910. The molecule has 320 valence electrons. The zero-order chi connectivity index (χ0) is 41.9. The summed E-state index contributed by atoms with van der Waals surface area (Å²) >= 11 is 4.64. The van der Waals surface area contributed by atoms with Crippen LogP contribution in [-0.2, 0) is 52.3 Å². The maximum absolute atomic E-state index is 12.0. The Morgan fingerprint density at radius 3 is 0.981 bits per heavy atom. The van der Waals surface area contributed by atoms with Gasteiger partial charge < -0.3 is 44.1 Å². The van der Waals surface area contributed by atoms with Crippen molar-refractivity contribution in [3.05, 3.63) is 59.7 Å². The molecule has 0 aliphatic heterocycles. The van der Waals surface area contributed by atoms with Gasteiger partial charge in [-0.25, -0.2) is 0 Å². The van der Waals surface area contributed by atoms with Crippen LogP contribution in [0, 0.1) is 13.8 Å². The van der Waals surface area contributed by atoms with E-state index in [-0.39, 0.29) is 62.6 Å². The standard InChI is InChI=1S/C22H30O9S2.C7H16O3.C3H8.C2H6O.CH3Cl.CH4O2/c1-19-3-7-21(8-4-19)32(23,24)30-17-15-28-13-11-27-12-14-29-16-18-31-33(25,26)22-9-5-20(2)6-10-22;1-2-4-9-6-7-10-5-3-8;1-3-2;1-2-3;1-2;2-1-3/h3-10H,11-18H2,1-2H3;8H,2-7H2,1H3;3H2,1-2H3;3H,2H2,1H3;1H3;2-3H,1H2. The van der Waals surface area contributed by atoms with E-state index in [1.165, 1.54) is 37.1 Å². The molecule has 0 aromatic heterocycles. The molecule has 15 nitrogen and oxygen atoms in total. The molecule has 0 saturated heterocycles. The monoisotopic (exact) mass is 838 g/mol. The molecule has 2 aromatic rings. The largest absolute Gasteiger partial charge is 0.397 e. The van der Waals surface area contributed by atoms with Crippen LogP contribution in [0.4, 0.5) is 0 Å². The van der Waals surface area contributed by atoms with E-state index in [9.17, 15) is 16.8 Å². The first-order chi connectivity index (χ1) is 25.9. The SMILES string of the molecule is CCC.CCCOCCOCCO.CCO.CCl.Cc1ccc(S(=O)(=O)OCCOCCOCCOCCOS(=O)(=O)c2ccc(C)cc2)cc1.OCO. The van der Waals surface area contributed by atoms with Crippen molar-refractivity contribution in [2.45, 2.75) is 64.2 Å². The van der Waals surface area contributed by atoms with Gasteiger partial charge in [0.25, 0.3) is 20.2 Å². The van der Waals surface area contributed by atoms with Crippen LogP contribution in [0.2, 0.25) is 0 Å². The molecular weight excluding hydrogens is 772 g/mol. The van der Waals surface area contributed by atoms with Gasteiger partial charge in [0.15, 0.2) is 0 Å². The fourth-order valence-corrected chi connectivity index (χ4v) is 4.81. The lowest BCUT2D eigenvalue weighted by Crippen LogP contribution is -2.15. The molecule has 2 aromatic carbocycles. The predicted molar refractivity (Wildman–Crippen MR) is 210 cm³/mol.